The Labute approximate surface area is 215 Å². The van der Waals surface area contributed by atoms with Crippen LogP contribution in [0.25, 0.3) is 0 Å². The molecule has 8 nitrogen and oxygen atoms in total. The Kier molecular flexibility index (Phi) is 13.5. The number of hydrogen-bond acceptors (Lipinski definition) is 6. The molecule has 3 rings (SSSR count). The van der Waals surface area contributed by atoms with Gasteiger partial charge in [-0.1, -0.05) is 26.7 Å². The van der Waals surface area contributed by atoms with Gasteiger partial charge in [0.2, 0.25) is 0 Å². The molecule has 0 aliphatic heterocycles. The van der Waals surface area contributed by atoms with Crippen LogP contribution in [0.2, 0.25) is 0 Å². The van der Waals surface area contributed by atoms with E-state index < -0.39 is 30.0 Å². The molecule has 10 heteroatoms. The Hall–Kier alpha value is -2.66. The van der Waals surface area contributed by atoms with Crippen molar-refractivity contribution in [3.05, 3.63) is 84.4 Å². The van der Waals surface area contributed by atoms with Gasteiger partial charge in [0.05, 0.1) is 9.79 Å². The van der Waals surface area contributed by atoms with Crippen molar-refractivity contribution in [3.8, 4) is 0 Å². The molecule has 1 aromatic carbocycles. The Morgan fingerprint density at radius 2 is 0.861 bits per heavy atom. The van der Waals surface area contributed by atoms with E-state index in [-0.39, 0.29) is 0 Å². The third kappa shape index (κ3) is 12.9. The van der Waals surface area contributed by atoms with E-state index in [9.17, 15) is 25.9 Å². The number of pyridine rings is 2. The van der Waals surface area contributed by atoms with Gasteiger partial charge in [0.15, 0.2) is 24.8 Å². The van der Waals surface area contributed by atoms with Crippen molar-refractivity contribution in [2.45, 2.75) is 76.3 Å². The van der Waals surface area contributed by atoms with E-state index in [0.29, 0.717) is 0 Å². The summed E-state index contributed by atoms with van der Waals surface area (Å²) in [5.41, 5.74) is 2.66. The Morgan fingerprint density at radius 1 is 0.583 bits per heavy atom. The van der Waals surface area contributed by atoms with Gasteiger partial charge in [-0.05, 0) is 49.2 Å². The highest BCUT2D eigenvalue weighted by Gasteiger charge is 2.04. The minimum Gasteiger partial charge on any atom is -0.744 e. The molecule has 0 saturated heterocycles. The van der Waals surface area contributed by atoms with Gasteiger partial charge < -0.3 is 9.11 Å². The fourth-order valence-corrected chi connectivity index (χ4v) is 3.76. The molecule has 0 fully saturated rings. The highest BCUT2D eigenvalue weighted by molar-refractivity contribution is 7.86. The molecule has 0 radical (unpaired) electrons. The zero-order valence-electron chi connectivity index (χ0n) is 21.3. The van der Waals surface area contributed by atoms with Crippen LogP contribution >= 0.6 is 0 Å². The number of unbranched alkanes of at least 4 members (excludes halogenated alkanes) is 2. The monoisotopic (exact) mass is 536 g/mol. The lowest BCUT2D eigenvalue weighted by Crippen LogP contribution is -2.32. The largest absolute Gasteiger partial charge is 0.744 e. The highest BCUT2D eigenvalue weighted by atomic mass is 32.2. The van der Waals surface area contributed by atoms with Crippen LogP contribution in [0.3, 0.4) is 0 Å². The maximum Gasteiger partial charge on any atom is 0.169 e. The van der Waals surface area contributed by atoms with Crippen molar-refractivity contribution in [2.75, 3.05) is 0 Å². The van der Waals surface area contributed by atoms with E-state index in [1.54, 1.807) is 0 Å². The first-order valence-corrected chi connectivity index (χ1v) is 14.6. The first kappa shape index (κ1) is 31.4. The van der Waals surface area contributed by atoms with Gasteiger partial charge in [0.1, 0.15) is 33.3 Å². The second-order valence-corrected chi connectivity index (χ2v) is 11.1. The fraction of sp³-hybridized carbons (Fsp3) is 0.385. The highest BCUT2D eigenvalue weighted by Crippen LogP contribution is 2.13. The van der Waals surface area contributed by atoms with Crippen LogP contribution in [0.4, 0.5) is 0 Å². The second-order valence-electron chi connectivity index (χ2n) is 8.31. The molecule has 0 N–H and O–H groups in total. The Bertz CT molecular complexity index is 1140. The summed E-state index contributed by atoms with van der Waals surface area (Å²) in [6.07, 6.45) is 13.6. The lowest BCUT2D eigenvalue weighted by molar-refractivity contribution is -0.697. The summed E-state index contributed by atoms with van der Waals surface area (Å²) in [5.74, 6) is 0. The van der Waals surface area contributed by atoms with E-state index in [0.717, 1.165) is 37.4 Å². The average Bonchev–Trinajstić information content (AvgIpc) is 2.83. The molecule has 36 heavy (non-hydrogen) atoms. The molecule has 0 amide bonds. The van der Waals surface area contributed by atoms with Crippen LogP contribution < -0.4 is 9.13 Å². The van der Waals surface area contributed by atoms with Crippen molar-refractivity contribution in [2.24, 2.45) is 0 Å². The molecule has 198 valence electrons. The molecule has 0 aliphatic carbocycles. The SMILES string of the molecule is CCCC[n+]1ccc(C)cc1.CCCC[n+]1ccc(C)cc1.O=S(=O)([O-])c1ccc(S(=O)(=O)[O-])cc1. The standard InChI is InChI=1S/2C10H16N.C6H6O6S2/c2*1-3-4-7-11-8-5-10(2)6-9-11;7-13(8,9)5-1-2-6(4-3-5)14(10,11)12/h2*5-6,8-9H,3-4,7H2,1-2H3;1-4H,(H,7,8,9)(H,10,11,12)/q2*+1;/p-2. The van der Waals surface area contributed by atoms with Crippen molar-refractivity contribution in [1.29, 1.82) is 0 Å². The zero-order chi connectivity index (χ0) is 27.2. The molecule has 0 aliphatic rings. The number of aryl methyl sites for hydroxylation is 4. The van der Waals surface area contributed by atoms with E-state index >= 15 is 0 Å². The maximum absolute atomic E-state index is 10.4. The summed E-state index contributed by atoms with van der Waals surface area (Å²) in [5, 5.41) is 0. The number of aromatic nitrogens is 2. The molecule has 0 spiro atoms. The summed E-state index contributed by atoms with van der Waals surface area (Å²) in [7, 11) is -9.22. The zero-order valence-corrected chi connectivity index (χ0v) is 23.0. The van der Waals surface area contributed by atoms with Gasteiger partial charge in [-0.15, -0.1) is 0 Å². The fourth-order valence-electron chi connectivity index (χ4n) is 2.82. The lowest BCUT2D eigenvalue weighted by Gasteiger charge is -2.09. The quantitative estimate of drug-likeness (QED) is 0.320. The lowest BCUT2D eigenvalue weighted by atomic mass is 10.3. The van der Waals surface area contributed by atoms with Gasteiger partial charge in [0, 0.05) is 37.1 Å². The van der Waals surface area contributed by atoms with Gasteiger partial charge in [-0.25, -0.2) is 26.0 Å². The normalized spacial score (nSPS) is 11.1. The third-order valence-corrected chi connectivity index (χ3v) is 6.76. The molecule has 0 saturated carbocycles. The molecule has 0 bridgehead atoms. The third-order valence-electron chi connectivity index (χ3n) is 5.06. The van der Waals surface area contributed by atoms with E-state index in [1.807, 2.05) is 0 Å². The van der Waals surface area contributed by atoms with Crippen LogP contribution in [0.1, 0.15) is 50.7 Å². The molecule has 2 aromatic heterocycles. The average molecular weight is 537 g/mol. The summed E-state index contributed by atoms with van der Waals surface area (Å²) < 4.78 is 66.9. The molecule has 0 unspecified atom stereocenters. The van der Waals surface area contributed by atoms with Crippen LogP contribution in [0, 0.1) is 13.8 Å². The summed E-state index contributed by atoms with van der Waals surface area (Å²) in [6, 6.07) is 11.7. The van der Waals surface area contributed by atoms with Crippen molar-refractivity contribution in [1.82, 2.24) is 0 Å². The van der Waals surface area contributed by atoms with Gasteiger partial charge >= 0.3 is 0 Å². The molecular weight excluding hydrogens is 500 g/mol. The van der Waals surface area contributed by atoms with E-state index in [4.69, 9.17) is 0 Å². The minimum atomic E-state index is -4.61. The molecule has 2 heterocycles. The summed E-state index contributed by atoms with van der Waals surface area (Å²) in [4.78, 5) is -1.16. The van der Waals surface area contributed by atoms with Crippen LogP contribution in [-0.2, 0) is 33.3 Å². The number of rotatable bonds is 8. The second kappa shape index (κ2) is 15.5. The van der Waals surface area contributed by atoms with Gasteiger partial charge in [-0.3, -0.25) is 0 Å². The smallest absolute Gasteiger partial charge is 0.169 e. The summed E-state index contributed by atoms with van der Waals surface area (Å²) in [6.45, 7) is 11.0. The number of hydrogen-bond donors (Lipinski definition) is 0. The molecule has 3 aromatic rings. The van der Waals surface area contributed by atoms with Crippen LogP contribution in [0.15, 0.2) is 83.1 Å². The number of nitrogens with zero attached hydrogens (tertiary/aromatic N) is 2. The molecular formula is C26H36N2O6S2. The van der Waals surface area contributed by atoms with Crippen molar-refractivity contribution >= 4 is 20.2 Å². The van der Waals surface area contributed by atoms with Crippen molar-refractivity contribution in [3.63, 3.8) is 0 Å². The summed E-state index contributed by atoms with van der Waals surface area (Å²) >= 11 is 0. The Morgan fingerprint density at radius 3 is 1.08 bits per heavy atom. The predicted octanol–water partition coefficient (Wildman–Crippen LogP) is 3.66. The van der Waals surface area contributed by atoms with Crippen molar-refractivity contribution < 1.29 is 35.1 Å². The Balaban J connectivity index is 0.000000273. The van der Waals surface area contributed by atoms with E-state index in [1.165, 1.54) is 36.8 Å². The maximum atomic E-state index is 10.4. The van der Waals surface area contributed by atoms with Crippen LogP contribution in [0.5, 0.6) is 0 Å². The first-order chi connectivity index (χ1) is 16.9. The van der Waals surface area contributed by atoms with Gasteiger partial charge in [0.25, 0.3) is 0 Å². The number of benzene rings is 1. The minimum absolute atomic E-state index is 0.579. The van der Waals surface area contributed by atoms with Gasteiger partial charge in [-0.2, -0.15) is 0 Å². The van der Waals surface area contributed by atoms with E-state index in [2.05, 4.69) is 85.9 Å². The predicted molar refractivity (Wildman–Crippen MR) is 135 cm³/mol. The molecule has 0 atom stereocenters. The first-order valence-electron chi connectivity index (χ1n) is 11.8. The van der Waals surface area contributed by atoms with Crippen LogP contribution in [-0.4, -0.2) is 25.9 Å². The topological polar surface area (TPSA) is 122 Å².